The maximum Gasteiger partial charge on any atom is 0.248 e. The van der Waals surface area contributed by atoms with Crippen LogP contribution in [0.2, 0.25) is 0 Å². The summed E-state index contributed by atoms with van der Waals surface area (Å²) in [6.07, 6.45) is 3.85. The van der Waals surface area contributed by atoms with Crippen molar-refractivity contribution in [3.63, 3.8) is 0 Å². The number of sulfonamides is 1. The molecule has 10 heteroatoms. The van der Waals surface area contributed by atoms with Crippen LogP contribution in [0.15, 0.2) is 57.9 Å². The Morgan fingerprint density at radius 3 is 2.56 bits per heavy atom. The molecule has 1 fully saturated rings. The van der Waals surface area contributed by atoms with Gasteiger partial charge in [-0.1, -0.05) is 23.4 Å². The summed E-state index contributed by atoms with van der Waals surface area (Å²) in [5.41, 5.74) is 1.52. The van der Waals surface area contributed by atoms with E-state index >= 15 is 0 Å². The molecule has 2 heterocycles. The first-order chi connectivity index (χ1) is 17.2. The molecule has 1 amide bonds. The van der Waals surface area contributed by atoms with E-state index in [4.69, 9.17) is 4.52 Å². The van der Waals surface area contributed by atoms with Crippen molar-refractivity contribution in [3.05, 3.63) is 76.9 Å². The zero-order valence-electron chi connectivity index (χ0n) is 19.9. The fourth-order valence-electron chi connectivity index (χ4n) is 4.11. The van der Waals surface area contributed by atoms with Crippen molar-refractivity contribution < 1.29 is 26.9 Å². The van der Waals surface area contributed by atoms with Crippen LogP contribution in [0.3, 0.4) is 0 Å². The van der Waals surface area contributed by atoms with Crippen LogP contribution in [0.1, 0.15) is 47.1 Å². The fraction of sp³-hybridized carbons (Fsp3) is 0.269. The molecule has 36 heavy (non-hydrogen) atoms. The van der Waals surface area contributed by atoms with Crippen molar-refractivity contribution in [2.24, 2.45) is 5.92 Å². The number of halogens is 1. The molecule has 1 aliphatic rings. The van der Waals surface area contributed by atoms with E-state index in [2.05, 4.69) is 10.5 Å². The van der Waals surface area contributed by atoms with Gasteiger partial charge in [-0.15, -0.1) is 0 Å². The molecule has 0 saturated carbocycles. The first-order valence-corrected chi connectivity index (χ1v) is 12.9. The van der Waals surface area contributed by atoms with Gasteiger partial charge >= 0.3 is 0 Å². The average molecular weight is 512 g/mol. The van der Waals surface area contributed by atoms with E-state index in [1.165, 1.54) is 36.4 Å². The van der Waals surface area contributed by atoms with Gasteiger partial charge in [-0.3, -0.25) is 9.59 Å². The predicted molar refractivity (Wildman–Crippen MR) is 133 cm³/mol. The van der Waals surface area contributed by atoms with E-state index in [1.807, 2.05) is 0 Å². The largest absolute Gasteiger partial charge is 0.355 e. The van der Waals surface area contributed by atoms with Gasteiger partial charge < -0.3 is 9.84 Å². The summed E-state index contributed by atoms with van der Waals surface area (Å²) >= 11 is 0. The van der Waals surface area contributed by atoms with Crippen LogP contribution in [-0.4, -0.2) is 42.7 Å². The van der Waals surface area contributed by atoms with Gasteiger partial charge in [0.15, 0.2) is 16.4 Å². The van der Waals surface area contributed by atoms with Gasteiger partial charge in [0.1, 0.15) is 11.5 Å². The number of carbonyl (C=O) groups is 2. The predicted octanol–water partition coefficient (Wildman–Crippen LogP) is 4.53. The molecule has 1 saturated heterocycles. The van der Waals surface area contributed by atoms with Gasteiger partial charge in [0.05, 0.1) is 5.92 Å². The van der Waals surface area contributed by atoms with Gasteiger partial charge in [-0.25, -0.2) is 12.8 Å². The van der Waals surface area contributed by atoms with Crippen LogP contribution < -0.4 is 5.32 Å². The molecule has 4 rings (SSSR count). The monoisotopic (exact) mass is 511 g/mol. The molecule has 0 spiro atoms. The Morgan fingerprint density at radius 1 is 1.14 bits per heavy atom. The highest BCUT2D eigenvalue weighted by Crippen LogP contribution is 2.30. The summed E-state index contributed by atoms with van der Waals surface area (Å²) in [6, 6.07) is 12.6. The molecule has 3 aromatic rings. The van der Waals surface area contributed by atoms with E-state index in [9.17, 15) is 22.4 Å². The second-order valence-corrected chi connectivity index (χ2v) is 10.5. The molecule has 0 bridgehead atoms. The number of benzene rings is 2. The molecule has 8 nitrogen and oxygen atoms in total. The summed E-state index contributed by atoms with van der Waals surface area (Å²) in [4.78, 5) is 24.2. The highest BCUT2D eigenvalue weighted by molar-refractivity contribution is 7.89. The highest BCUT2D eigenvalue weighted by atomic mass is 32.2. The summed E-state index contributed by atoms with van der Waals surface area (Å²) in [6.45, 7) is 3.24. The molecule has 1 N–H and O–H groups in total. The lowest BCUT2D eigenvalue weighted by atomic mass is 9.98. The number of anilines is 1. The van der Waals surface area contributed by atoms with Crippen LogP contribution in [0, 0.1) is 18.7 Å². The number of aromatic nitrogens is 1. The molecule has 1 atom stereocenters. The summed E-state index contributed by atoms with van der Waals surface area (Å²) in [5.74, 6) is -1.39. The minimum Gasteiger partial charge on any atom is -0.355 e. The number of hydrogen-bond acceptors (Lipinski definition) is 6. The lowest BCUT2D eigenvalue weighted by Gasteiger charge is -2.31. The third-order valence-electron chi connectivity index (χ3n) is 6.06. The van der Waals surface area contributed by atoms with Gasteiger partial charge in [0.25, 0.3) is 0 Å². The number of amides is 1. The quantitative estimate of drug-likeness (QED) is 0.467. The van der Waals surface area contributed by atoms with E-state index in [0.29, 0.717) is 24.1 Å². The smallest absolute Gasteiger partial charge is 0.248 e. The number of aryl methyl sites for hydroxylation is 1. The van der Waals surface area contributed by atoms with Crippen LogP contribution in [0.4, 0.5) is 10.1 Å². The Labute approximate surface area is 208 Å². The third-order valence-corrected chi connectivity index (χ3v) is 8.09. The van der Waals surface area contributed by atoms with Crippen LogP contribution in [0.5, 0.6) is 0 Å². The van der Waals surface area contributed by atoms with E-state index in [0.717, 1.165) is 0 Å². The highest BCUT2D eigenvalue weighted by Gasteiger charge is 2.37. The number of Topliss-reactive ketones (excluding diaryl/α,β-unsaturated/α-hetero) is 1. The molecule has 1 aromatic heterocycles. The maximum atomic E-state index is 14.0. The van der Waals surface area contributed by atoms with Crippen LogP contribution in [0.25, 0.3) is 12.2 Å². The van der Waals surface area contributed by atoms with Crippen molar-refractivity contribution in [1.82, 2.24) is 9.46 Å². The molecule has 0 radical (unpaired) electrons. The number of ketones is 1. The standard InChI is InChI=1S/C26H26FN3O5S/c1-17-25(24(35-29-17)14-11-20-6-3-4-8-23(20)27)36(33,34)30-15-5-7-21(16-30)26(32)28-22-12-9-19(10-13-22)18(2)31/h3-4,6,8-14,21H,5,7,15-16H2,1-2H3,(H,28,32). The van der Waals surface area contributed by atoms with E-state index in [-0.39, 0.29) is 46.7 Å². The van der Waals surface area contributed by atoms with Crippen molar-refractivity contribution in [1.29, 1.82) is 0 Å². The Balaban J connectivity index is 1.51. The average Bonchev–Trinajstić information content (AvgIpc) is 3.25. The Kier molecular flexibility index (Phi) is 7.46. The van der Waals surface area contributed by atoms with Crippen molar-refractivity contribution in [2.75, 3.05) is 18.4 Å². The first kappa shape index (κ1) is 25.5. The molecular formula is C26H26FN3O5S. The maximum absolute atomic E-state index is 14.0. The molecule has 2 aromatic carbocycles. The van der Waals surface area contributed by atoms with Gasteiger partial charge in [0.2, 0.25) is 15.9 Å². The number of carbonyl (C=O) groups excluding carboxylic acids is 2. The zero-order valence-corrected chi connectivity index (χ0v) is 20.7. The first-order valence-electron chi connectivity index (χ1n) is 11.5. The van der Waals surface area contributed by atoms with Crippen molar-refractivity contribution in [2.45, 2.75) is 31.6 Å². The molecular weight excluding hydrogens is 485 g/mol. The van der Waals surface area contributed by atoms with Crippen molar-refractivity contribution >= 4 is 39.6 Å². The fourth-order valence-corrected chi connectivity index (χ4v) is 5.88. The Bertz CT molecular complexity index is 1410. The molecule has 188 valence electrons. The number of hydrogen-bond donors (Lipinski definition) is 1. The second kappa shape index (κ2) is 10.5. The van der Waals surface area contributed by atoms with E-state index in [1.54, 1.807) is 42.5 Å². The lowest BCUT2D eigenvalue weighted by molar-refractivity contribution is -0.120. The number of rotatable bonds is 7. The number of nitrogens with one attached hydrogen (secondary N) is 1. The summed E-state index contributed by atoms with van der Waals surface area (Å²) in [7, 11) is -4.03. The summed E-state index contributed by atoms with van der Waals surface area (Å²) in [5, 5.41) is 6.61. The Morgan fingerprint density at radius 2 is 1.86 bits per heavy atom. The summed E-state index contributed by atoms with van der Waals surface area (Å²) < 4.78 is 47.6. The lowest BCUT2D eigenvalue weighted by Crippen LogP contribution is -2.43. The minimum absolute atomic E-state index is 0.000778. The van der Waals surface area contributed by atoms with Gasteiger partial charge in [-0.05, 0) is 69.2 Å². The van der Waals surface area contributed by atoms with Crippen LogP contribution in [-0.2, 0) is 14.8 Å². The van der Waals surface area contributed by atoms with Crippen molar-refractivity contribution in [3.8, 4) is 0 Å². The van der Waals surface area contributed by atoms with Gasteiger partial charge in [0, 0.05) is 29.9 Å². The third kappa shape index (κ3) is 5.44. The normalized spacial score (nSPS) is 16.8. The topological polar surface area (TPSA) is 110 Å². The van der Waals surface area contributed by atoms with Gasteiger partial charge in [-0.2, -0.15) is 4.31 Å². The second-order valence-electron chi connectivity index (χ2n) is 8.64. The van der Waals surface area contributed by atoms with Crippen LogP contribution >= 0.6 is 0 Å². The minimum atomic E-state index is -4.03. The molecule has 0 aliphatic carbocycles. The zero-order chi connectivity index (χ0) is 25.9. The number of piperidine rings is 1. The number of nitrogens with zero attached hydrogens (tertiary/aromatic N) is 2. The van der Waals surface area contributed by atoms with E-state index < -0.39 is 21.8 Å². The SMILES string of the molecule is CC(=O)c1ccc(NC(=O)C2CCCN(S(=O)(=O)c3c(C)noc3C=Cc3ccccc3F)C2)cc1. The molecule has 1 aliphatic heterocycles. The Hall–Kier alpha value is -3.63. The molecule has 1 unspecified atom stereocenters.